The van der Waals surface area contributed by atoms with Crippen LogP contribution in [0.15, 0.2) is 30.3 Å². The smallest absolute Gasteiger partial charge is 0.333 e. The van der Waals surface area contributed by atoms with E-state index in [1.165, 1.54) is 0 Å². The Balaban J connectivity index is 2.85. The van der Waals surface area contributed by atoms with Crippen LogP contribution in [-0.4, -0.2) is 24.1 Å². The summed E-state index contributed by atoms with van der Waals surface area (Å²) in [7, 11) is 0. The van der Waals surface area contributed by atoms with Crippen molar-refractivity contribution in [3.8, 4) is 0 Å². The van der Waals surface area contributed by atoms with Gasteiger partial charge in [-0.3, -0.25) is 0 Å². The van der Waals surface area contributed by atoms with Gasteiger partial charge in [-0.05, 0) is 32.8 Å². The molecule has 0 saturated heterocycles. The number of nitrogens with one attached hydrogen (secondary N) is 2. The highest BCUT2D eigenvalue weighted by Crippen LogP contribution is 2.18. The van der Waals surface area contributed by atoms with E-state index in [2.05, 4.69) is 10.6 Å². The van der Waals surface area contributed by atoms with Gasteiger partial charge in [0.1, 0.15) is 5.60 Å². The van der Waals surface area contributed by atoms with Crippen LogP contribution in [0.25, 0.3) is 0 Å². The molecule has 116 valence electrons. The number of urea groups is 1. The maximum absolute atomic E-state index is 12.3. The van der Waals surface area contributed by atoms with Gasteiger partial charge in [0.2, 0.25) is 0 Å². The highest BCUT2D eigenvalue weighted by molar-refractivity contribution is 5.84. The number of amides is 2. The number of benzene rings is 1. The minimum atomic E-state index is -0.817. The first kappa shape index (κ1) is 17.0. The van der Waals surface area contributed by atoms with E-state index in [-0.39, 0.29) is 6.03 Å². The molecule has 1 aromatic rings. The number of hydrogen-bond donors (Lipinski definition) is 2. The number of rotatable bonds is 5. The number of hydrogen-bond acceptors (Lipinski definition) is 3. The van der Waals surface area contributed by atoms with Crippen molar-refractivity contribution in [1.82, 2.24) is 10.6 Å². The summed E-state index contributed by atoms with van der Waals surface area (Å²) in [4.78, 5) is 24.1. The summed E-state index contributed by atoms with van der Waals surface area (Å²) in [6.45, 7) is 7.91. The van der Waals surface area contributed by atoms with E-state index in [1.54, 1.807) is 32.9 Å². The molecule has 1 aromatic carbocycles. The zero-order valence-electron chi connectivity index (χ0n) is 13.1. The summed E-state index contributed by atoms with van der Waals surface area (Å²) in [6.07, 6.45) is 0.829. The van der Waals surface area contributed by atoms with Gasteiger partial charge in [-0.15, -0.1) is 0 Å². The summed E-state index contributed by atoms with van der Waals surface area (Å²) in [5.74, 6) is -0.472. The van der Waals surface area contributed by atoms with E-state index in [4.69, 9.17) is 4.74 Å². The molecule has 0 aromatic heterocycles. The molecule has 5 nitrogen and oxygen atoms in total. The summed E-state index contributed by atoms with van der Waals surface area (Å²) >= 11 is 0. The molecular formula is C16H24N2O3. The fraction of sp³-hybridized carbons (Fsp3) is 0.500. The van der Waals surface area contributed by atoms with E-state index < -0.39 is 17.6 Å². The molecule has 0 unspecified atom stereocenters. The minimum absolute atomic E-state index is 0.378. The molecule has 1 atom stereocenters. The molecule has 0 heterocycles. The van der Waals surface area contributed by atoms with Crippen molar-refractivity contribution in [3.05, 3.63) is 35.9 Å². The van der Waals surface area contributed by atoms with Crippen LogP contribution in [0, 0.1) is 0 Å². The van der Waals surface area contributed by atoms with Crippen molar-refractivity contribution in [2.45, 2.75) is 45.8 Å². The topological polar surface area (TPSA) is 67.4 Å². The fourth-order valence-corrected chi connectivity index (χ4v) is 1.71. The quantitative estimate of drug-likeness (QED) is 0.820. The van der Waals surface area contributed by atoms with Crippen molar-refractivity contribution in [3.63, 3.8) is 0 Å². The monoisotopic (exact) mass is 292 g/mol. The summed E-state index contributed by atoms with van der Waals surface area (Å²) in [6, 6.07) is 7.87. The normalized spacial score (nSPS) is 12.4. The standard InChI is InChI=1S/C16H24N2O3/c1-5-11-17-15(20)18-13(12-9-7-6-8-10-12)14(19)21-16(2,3)4/h6-10,13H,5,11H2,1-4H3,(H2,17,18,20)/t13-/m1/s1. The SMILES string of the molecule is CCCNC(=O)N[C@@H](C(=O)OC(C)(C)C)c1ccccc1. The molecule has 0 bridgehead atoms. The lowest BCUT2D eigenvalue weighted by Gasteiger charge is -2.25. The molecule has 2 amide bonds. The highest BCUT2D eigenvalue weighted by Gasteiger charge is 2.27. The van der Waals surface area contributed by atoms with E-state index in [0.29, 0.717) is 12.1 Å². The third-order valence-electron chi connectivity index (χ3n) is 2.59. The molecule has 0 radical (unpaired) electrons. The molecule has 0 aliphatic heterocycles. The number of esters is 1. The van der Waals surface area contributed by atoms with Gasteiger partial charge in [0, 0.05) is 6.54 Å². The zero-order chi connectivity index (χ0) is 15.9. The number of carbonyl (C=O) groups excluding carboxylic acids is 2. The van der Waals surface area contributed by atoms with Crippen molar-refractivity contribution < 1.29 is 14.3 Å². The van der Waals surface area contributed by atoms with Crippen LogP contribution in [0.5, 0.6) is 0 Å². The first-order valence-corrected chi connectivity index (χ1v) is 7.15. The average molecular weight is 292 g/mol. The molecule has 1 rings (SSSR count). The van der Waals surface area contributed by atoms with Crippen LogP contribution in [0.1, 0.15) is 45.7 Å². The molecule has 0 aliphatic rings. The summed E-state index contributed by atoms with van der Waals surface area (Å²) in [5.41, 5.74) is 0.0875. The van der Waals surface area contributed by atoms with Crippen LogP contribution in [0.4, 0.5) is 4.79 Å². The molecule has 0 aliphatic carbocycles. The number of carbonyl (C=O) groups is 2. The molecule has 0 saturated carbocycles. The van der Waals surface area contributed by atoms with E-state index in [0.717, 1.165) is 6.42 Å². The highest BCUT2D eigenvalue weighted by atomic mass is 16.6. The van der Waals surface area contributed by atoms with Crippen LogP contribution >= 0.6 is 0 Å². The van der Waals surface area contributed by atoms with E-state index in [9.17, 15) is 9.59 Å². The van der Waals surface area contributed by atoms with Crippen LogP contribution in [0.3, 0.4) is 0 Å². The lowest BCUT2D eigenvalue weighted by molar-refractivity contribution is -0.157. The molecule has 21 heavy (non-hydrogen) atoms. The maximum Gasteiger partial charge on any atom is 0.333 e. The Hall–Kier alpha value is -2.04. The zero-order valence-corrected chi connectivity index (χ0v) is 13.1. The lowest BCUT2D eigenvalue weighted by Crippen LogP contribution is -2.43. The van der Waals surface area contributed by atoms with Gasteiger partial charge in [0.05, 0.1) is 0 Å². The van der Waals surface area contributed by atoms with Gasteiger partial charge in [0.15, 0.2) is 6.04 Å². The molecule has 5 heteroatoms. The van der Waals surface area contributed by atoms with E-state index in [1.807, 2.05) is 25.1 Å². The second-order valence-electron chi connectivity index (χ2n) is 5.78. The van der Waals surface area contributed by atoms with Gasteiger partial charge in [-0.1, -0.05) is 37.3 Å². The maximum atomic E-state index is 12.3. The van der Waals surface area contributed by atoms with Crippen molar-refractivity contribution in [2.75, 3.05) is 6.54 Å². The summed E-state index contributed by atoms with van der Waals surface area (Å²) < 4.78 is 5.38. The van der Waals surface area contributed by atoms with Crippen molar-refractivity contribution in [1.29, 1.82) is 0 Å². The Bertz CT molecular complexity index is 466. The van der Waals surface area contributed by atoms with Gasteiger partial charge < -0.3 is 15.4 Å². The lowest BCUT2D eigenvalue weighted by atomic mass is 10.1. The minimum Gasteiger partial charge on any atom is -0.458 e. The molecular weight excluding hydrogens is 268 g/mol. The Labute approximate surface area is 126 Å². The first-order valence-electron chi connectivity index (χ1n) is 7.15. The largest absolute Gasteiger partial charge is 0.458 e. The van der Waals surface area contributed by atoms with Crippen LogP contribution < -0.4 is 10.6 Å². The van der Waals surface area contributed by atoms with Crippen molar-refractivity contribution in [2.24, 2.45) is 0 Å². The number of ether oxygens (including phenoxy) is 1. The van der Waals surface area contributed by atoms with Crippen LogP contribution in [0.2, 0.25) is 0 Å². The predicted molar refractivity (Wildman–Crippen MR) is 81.9 cm³/mol. The second kappa shape index (κ2) is 7.67. The Morgan fingerprint density at radius 3 is 2.33 bits per heavy atom. The Morgan fingerprint density at radius 2 is 1.81 bits per heavy atom. The van der Waals surface area contributed by atoms with Gasteiger partial charge >= 0.3 is 12.0 Å². The third-order valence-corrected chi connectivity index (χ3v) is 2.59. The molecule has 0 spiro atoms. The average Bonchev–Trinajstić information content (AvgIpc) is 2.41. The van der Waals surface area contributed by atoms with E-state index >= 15 is 0 Å². The Kier molecular flexibility index (Phi) is 6.21. The Morgan fingerprint density at radius 1 is 1.19 bits per heavy atom. The summed E-state index contributed by atoms with van der Waals surface area (Å²) in [5, 5.41) is 5.36. The molecule has 0 fully saturated rings. The van der Waals surface area contributed by atoms with Gasteiger partial charge in [0.25, 0.3) is 0 Å². The third kappa shape index (κ3) is 6.29. The molecule has 2 N–H and O–H groups in total. The van der Waals surface area contributed by atoms with Crippen LogP contribution in [-0.2, 0) is 9.53 Å². The van der Waals surface area contributed by atoms with Gasteiger partial charge in [-0.2, -0.15) is 0 Å². The van der Waals surface area contributed by atoms with Crippen molar-refractivity contribution >= 4 is 12.0 Å². The fourth-order valence-electron chi connectivity index (χ4n) is 1.71. The first-order chi connectivity index (χ1) is 9.83. The van der Waals surface area contributed by atoms with Gasteiger partial charge in [-0.25, -0.2) is 9.59 Å². The predicted octanol–water partition coefficient (Wildman–Crippen LogP) is 2.78. The second-order valence-corrected chi connectivity index (χ2v) is 5.78.